The molecule has 0 radical (unpaired) electrons. The molecule has 0 saturated heterocycles. The molecule has 0 fully saturated rings. The van der Waals surface area contributed by atoms with E-state index in [4.69, 9.17) is 29.6 Å². The molecule has 0 unspecified atom stereocenters. The van der Waals surface area contributed by atoms with E-state index in [2.05, 4.69) is 29.2 Å². The molecule has 104 valence electrons. The molecule has 0 amide bonds. The van der Waals surface area contributed by atoms with E-state index in [0.29, 0.717) is 10.0 Å². The van der Waals surface area contributed by atoms with Crippen LogP contribution in [0.5, 0.6) is 0 Å². The quantitative estimate of drug-likeness (QED) is 0.855. The third-order valence-corrected chi connectivity index (χ3v) is 3.76. The minimum atomic E-state index is 0.366. The van der Waals surface area contributed by atoms with Crippen molar-refractivity contribution in [3.63, 3.8) is 0 Å². The zero-order chi connectivity index (χ0) is 14.5. The standard InChI is InChI=1S/C16H17ClN2S/c1-19(10-9-12-5-3-2-4-6-12)15-8-7-13(16(18)20)11-14(15)17/h2-8,11H,9-10H2,1H3,(H2,18,20). The Morgan fingerprint density at radius 3 is 2.50 bits per heavy atom. The average molecular weight is 305 g/mol. The lowest BCUT2D eigenvalue weighted by Gasteiger charge is -2.21. The second-order valence-electron chi connectivity index (χ2n) is 4.69. The van der Waals surface area contributed by atoms with Crippen molar-refractivity contribution in [3.8, 4) is 0 Å². The summed E-state index contributed by atoms with van der Waals surface area (Å²) in [7, 11) is 2.03. The molecule has 0 spiro atoms. The second kappa shape index (κ2) is 6.73. The fourth-order valence-electron chi connectivity index (χ4n) is 2.03. The van der Waals surface area contributed by atoms with Gasteiger partial charge in [-0.15, -0.1) is 0 Å². The van der Waals surface area contributed by atoms with Gasteiger partial charge in [0.2, 0.25) is 0 Å². The monoisotopic (exact) mass is 304 g/mol. The second-order valence-corrected chi connectivity index (χ2v) is 5.53. The lowest BCUT2D eigenvalue weighted by atomic mass is 10.1. The average Bonchev–Trinajstić information content (AvgIpc) is 2.45. The Morgan fingerprint density at radius 2 is 1.90 bits per heavy atom. The molecular weight excluding hydrogens is 288 g/mol. The maximum Gasteiger partial charge on any atom is 0.104 e. The van der Waals surface area contributed by atoms with Gasteiger partial charge in [-0.2, -0.15) is 0 Å². The summed E-state index contributed by atoms with van der Waals surface area (Å²) in [6, 6.07) is 16.1. The number of nitrogens with zero attached hydrogens (tertiary/aromatic N) is 1. The molecule has 20 heavy (non-hydrogen) atoms. The van der Waals surface area contributed by atoms with Crippen molar-refractivity contribution in [2.75, 3.05) is 18.5 Å². The van der Waals surface area contributed by atoms with Crippen LogP contribution in [-0.4, -0.2) is 18.6 Å². The van der Waals surface area contributed by atoms with Crippen LogP contribution in [0.2, 0.25) is 5.02 Å². The predicted octanol–water partition coefficient (Wildman–Crippen LogP) is 3.65. The summed E-state index contributed by atoms with van der Waals surface area (Å²) in [4.78, 5) is 2.50. The number of halogens is 1. The Balaban J connectivity index is 2.06. The third-order valence-electron chi connectivity index (χ3n) is 3.22. The van der Waals surface area contributed by atoms with E-state index in [1.165, 1.54) is 5.56 Å². The Bertz CT molecular complexity index is 599. The molecule has 0 bridgehead atoms. The van der Waals surface area contributed by atoms with Crippen LogP contribution >= 0.6 is 23.8 Å². The molecular formula is C16H17ClN2S. The van der Waals surface area contributed by atoms with Gasteiger partial charge >= 0.3 is 0 Å². The van der Waals surface area contributed by atoms with Gasteiger partial charge in [-0.05, 0) is 30.2 Å². The summed E-state index contributed by atoms with van der Waals surface area (Å²) in [5.74, 6) is 0. The molecule has 0 atom stereocenters. The van der Waals surface area contributed by atoms with E-state index in [9.17, 15) is 0 Å². The molecule has 2 rings (SSSR count). The summed E-state index contributed by atoms with van der Waals surface area (Å²) >= 11 is 11.2. The van der Waals surface area contributed by atoms with Crippen molar-refractivity contribution in [3.05, 3.63) is 64.7 Å². The van der Waals surface area contributed by atoms with Crippen LogP contribution in [0.1, 0.15) is 11.1 Å². The maximum atomic E-state index is 6.29. The van der Waals surface area contributed by atoms with Gasteiger partial charge in [0.1, 0.15) is 4.99 Å². The summed E-state index contributed by atoms with van der Waals surface area (Å²) in [5.41, 5.74) is 8.70. The molecule has 0 aromatic heterocycles. The first-order valence-corrected chi connectivity index (χ1v) is 7.21. The number of hydrogen-bond donors (Lipinski definition) is 1. The van der Waals surface area contributed by atoms with Gasteiger partial charge in [0.15, 0.2) is 0 Å². The number of thiocarbonyl (C=S) groups is 1. The van der Waals surface area contributed by atoms with Crippen LogP contribution in [0.15, 0.2) is 48.5 Å². The molecule has 0 aliphatic heterocycles. The highest BCUT2D eigenvalue weighted by Crippen LogP contribution is 2.26. The summed E-state index contributed by atoms with van der Waals surface area (Å²) in [6.07, 6.45) is 0.977. The largest absolute Gasteiger partial charge is 0.389 e. The summed E-state index contributed by atoms with van der Waals surface area (Å²) < 4.78 is 0. The van der Waals surface area contributed by atoms with E-state index >= 15 is 0 Å². The van der Waals surface area contributed by atoms with Gasteiger partial charge < -0.3 is 10.6 Å². The van der Waals surface area contributed by atoms with E-state index in [1.54, 1.807) is 0 Å². The summed E-state index contributed by atoms with van der Waals surface area (Å²) in [5, 5.41) is 0.672. The number of nitrogens with two attached hydrogens (primary N) is 1. The molecule has 2 aromatic carbocycles. The predicted molar refractivity (Wildman–Crippen MR) is 90.8 cm³/mol. The smallest absolute Gasteiger partial charge is 0.104 e. The van der Waals surface area contributed by atoms with Crippen LogP contribution in [0, 0.1) is 0 Å². The fourth-order valence-corrected chi connectivity index (χ4v) is 2.48. The normalized spacial score (nSPS) is 10.3. The van der Waals surface area contributed by atoms with Crippen molar-refractivity contribution in [1.82, 2.24) is 0 Å². The first-order valence-electron chi connectivity index (χ1n) is 6.42. The highest BCUT2D eigenvalue weighted by molar-refractivity contribution is 7.80. The number of rotatable bonds is 5. The van der Waals surface area contributed by atoms with Crippen LogP contribution in [0.25, 0.3) is 0 Å². The molecule has 2 aromatic rings. The van der Waals surface area contributed by atoms with Crippen LogP contribution < -0.4 is 10.6 Å². The van der Waals surface area contributed by atoms with Gasteiger partial charge in [-0.1, -0.05) is 54.2 Å². The SMILES string of the molecule is CN(CCc1ccccc1)c1ccc(C(N)=S)cc1Cl. The van der Waals surface area contributed by atoms with Crippen molar-refractivity contribution < 1.29 is 0 Å². The van der Waals surface area contributed by atoms with E-state index < -0.39 is 0 Å². The van der Waals surface area contributed by atoms with E-state index in [1.807, 2.05) is 31.3 Å². The molecule has 0 saturated carbocycles. The minimum absolute atomic E-state index is 0.366. The van der Waals surface area contributed by atoms with Crippen molar-refractivity contribution in [2.24, 2.45) is 5.73 Å². The maximum absolute atomic E-state index is 6.29. The van der Waals surface area contributed by atoms with Crippen LogP contribution in [0.4, 0.5) is 5.69 Å². The van der Waals surface area contributed by atoms with Gasteiger partial charge in [0, 0.05) is 19.2 Å². The molecule has 0 heterocycles. The summed E-state index contributed by atoms with van der Waals surface area (Å²) in [6.45, 7) is 0.899. The van der Waals surface area contributed by atoms with Gasteiger partial charge in [-0.3, -0.25) is 0 Å². The zero-order valence-corrected chi connectivity index (χ0v) is 12.9. The topological polar surface area (TPSA) is 29.3 Å². The Morgan fingerprint density at radius 1 is 1.20 bits per heavy atom. The third kappa shape index (κ3) is 3.71. The van der Waals surface area contributed by atoms with Crippen LogP contribution in [0.3, 0.4) is 0 Å². The first-order chi connectivity index (χ1) is 9.58. The fraction of sp³-hybridized carbons (Fsp3) is 0.188. The Labute approximate surface area is 130 Å². The molecule has 0 aliphatic rings. The lowest BCUT2D eigenvalue weighted by molar-refractivity contribution is 0.877. The molecule has 2 nitrogen and oxygen atoms in total. The molecule has 2 N–H and O–H groups in total. The van der Waals surface area contributed by atoms with Crippen LogP contribution in [-0.2, 0) is 6.42 Å². The molecule has 4 heteroatoms. The highest BCUT2D eigenvalue weighted by atomic mass is 35.5. The van der Waals surface area contributed by atoms with E-state index in [-0.39, 0.29) is 0 Å². The van der Waals surface area contributed by atoms with Crippen molar-refractivity contribution in [2.45, 2.75) is 6.42 Å². The van der Waals surface area contributed by atoms with E-state index in [0.717, 1.165) is 24.2 Å². The number of benzene rings is 2. The first kappa shape index (κ1) is 14.8. The number of likely N-dealkylation sites (N-methyl/N-ethyl adjacent to an activating group) is 1. The number of hydrogen-bond acceptors (Lipinski definition) is 2. The van der Waals surface area contributed by atoms with Gasteiger partial charge in [-0.25, -0.2) is 0 Å². The minimum Gasteiger partial charge on any atom is -0.389 e. The Kier molecular flexibility index (Phi) is 4.99. The Hall–Kier alpha value is -1.58. The number of anilines is 1. The van der Waals surface area contributed by atoms with Gasteiger partial charge in [0.05, 0.1) is 10.7 Å². The van der Waals surface area contributed by atoms with Gasteiger partial charge in [0.25, 0.3) is 0 Å². The molecule has 0 aliphatic carbocycles. The zero-order valence-electron chi connectivity index (χ0n) is 11.3. The lowest BCUT2D eigenvalue weighted by Crippen LogP contribution is -2.21. The van der Waals surface area contributed by atoms with Crippen molar-refractivity contribution in [1.29, 1.82) is 0 Å². The van der Waals surface area contributed by atoms with Crippen molar-refractivity contribution >= 4 is 34.5 Å². The highest BCUT2D eigenvalue weighted by Gasteiger charge is 2.08.